The predicted molar refractivity (Wildman–Crippen MR) is 67.2 cm³/mol. The highest BCUT2D eigenvalue weighted by molar-refractivity contribution is 5.80. The van der Waals surface area contributed by atoms with Crippen molar-refractivity contribution in [3.05, 3.63) is 29.7 Å². The number of benzene rings is 1. The van der Waals surface area contributed by atoms with Gasteiger partial charge in [-0.3, -0.25) is 4.90 Å². The Morgan fingerprint density at radius 1 is 1.44 bits per heavy atom. The molecule has 0 N–H and O–H groups in total. The van der Waals surface area contributed by atoms with Gasteiger partial charge in [0.25, 0.3) is 0 Å². The fraction of sp³-hybridized carbons (Fsp3) is 0.385. The zero-order valence-electron chi connectivity index (χ0n) is 10.9. The van der Waals surface area contributed by atoms with Crippen molar-refractivity contribution >= 4 is 17.1 Å². The fourth-order valence-corrected chi connectivity index (χ4v) is 1.98. The van der Waals surface area contributed by atoms with E-state index in [0.717, 1.165) is 11.1 Å². The highest BCUT2D eigenvalue weighted by atomic mass is 16.5. The van der Waals surface area contributed by atoms with Crippen LogP contribution in [0.15, 0.2) is 22.6 Å². The number of methoxy groups -OCH3 is 1. The number of nitrogens with zero attached hydrogens (tertiary/aromatic N) is 2. The van der Waals surface area contributed by atoms with Gasteiger partial charge in [0.1, 0.15) is 11.6 Å². The van der Waals surface area contributed by atoms with Crippen LogP contribution in [-0.2, 0) is 9.53 Å². The largest absolute Gasteiger partial charge is 0.468 e. The molecule has 1 aromatic carbocycles. The van der Waals surface area contributed by atoms with Crippen LogP contribution < -0.4 is 0 Å². The predicted octanol–water partition coefficient (Wildman–Crippen LogP) is 1.91. The van der Waals surface area contributed by atoms with Crippen LogP contribution in [0.25, 0.3) is 11.1 Å². The Morgan fingerprint density at radius 2 is 2.17 bits per heavy atom. The van der Waals surface area contributed by atoms with Crippen molar-refractivity contribution in [3.63, 3.8) is 0 Å². The van der Waals surface area contributed by atoms with Gasteiger partial charge in [0.2, 0.25) is 0 Å². The lowest BCUT2D eigenvalue weighted by Gasteiger charge is -2.21. The zero-order valence-corrected chi connectivity index (χ0v) is 10.9. The molecule has 1 heterocycles. The van der Waals surface area contributed by atoms with E-state index in [1.165, 1.54) is 7.11 Å². The first kappa shape index (κ1) is 12.6. The average Bonchev–Trinajstić information content (AvgIpc) is 2.68. The number of oxazole rings is 1. The van der Waals surface area contributed by atoms with E-state index < -0.39 is 6.04 Å². The molecule has 0 radical (unpaired) electrons. The van der Waals surface area contributed by atoms with Crippen LogP contribution in [0.4, 0.5) is 0 Å². The molecule has 5 heteroatoms. The Balaban J connectivity index is 2.47. The summed E-state index contributed by atoms with van der Waals surface area (Å²) >= 11 is 0. The maximum absolute atomic E-state index is 11.8. The minimum absolute atomic E-state index is 0.296. The van der Waals surface area contributed by atoms with Crippen LogP contribution >= 0.6 is 0 Å². The van der Waals surface area contributed by atoms with Crippen LogP contribution in [0.1, 0.15) is 17.5 Å². The van der Waals surface area contributed by atoms with Gasteiger partial charge in [-0.25, -0.2) is 9.78 Å². The highest BCUT2D eigenvalue weighted by Gasteiger charge is 2.24. The van der Waals surface area contributed by atoms with Gasteiger partial charge in [0, 0.05) is 6.92 Å². The third-order valence-electron chi connectivity index (χ3n) is 2.78. The summed E-state index contributed by atoms with van der Waals surface area (Å²) in [6, 6.07) is 5.11. The van der Waals surface area contributed by atoms with Gasteiger partial charge in [-0.1, -0.05) is 6.07 Å². The Kier molecular flexibility index (Phi) is 3.34. The Hall–Kier alpha value is -1.88. The summed E-state index contributed by atoms with van der Waals surface area (Å²) < 4.78 is 10.3. The van der Waals surface area contributed by atoms with E-state index in [1.54, 1.807) is 11.8 Å². The van der Waals surface area contributed by atoms with Crippen LogP contribution in [0.3, 0.4) is 0 Å². The van der Waals surface area contributed by atoms with Gasteiger partial charge in [0.05, 0.1) is 7.11 Å². The summed E-state index contributed by atoms with van der Waals surface area (Å²) in [4.78, 5) is 17.8. The van der Waals surface area contributed by atoms with Crippen molar-refractivity contribution in [2.45, 2.75) is 13.0 Å². The Bertz CT molecular complexity index is 575. The number of carbonyl (C=O) groups excluding carboxylic acids is 1. The zero-order chi connectivity index (χ0) is 13.3. The molecule has 0 saturated carbocycles. The molecule has 0 aliphatic rings. The first-order valence-corrected chi connectivity index (χ1v) is 5.64. The quantitative estimate of drug-likeness (QED) is 0.777. The lowest BCUT2D eigenvalue weighted by molar-refractivity contribution is -0.146. The highest BCUT2D eigenvalue weighted by Crippen LogP contribution is 2.24. The van der Waals surface area contributed by atoms with Crippen LogP contribution in [-0.4, -0.2) is 37.1 Å². The van der Waals surface area contributed by atoms with Crippen molar-refractivity contribution in [2.75, 3.05) is 21.2 Å². The van der Waals surface area contributed by atoms with Crippen molar-refractivity contribution in [1.82, 2.24) is 9.88 Å². The standard InChI is InChI=1S/C13H16N2O3/c1-8-14-10-6-5-9(7-11(10)18-8)12(15(2)3)13(16)17-4/h5-7,12H,1-4H3. The number of esters is 1. The van der Waals surface area contributed by atoms with Gasteiger partial charge in [-0.15, -0.1) is 0 Å². The number of ether oxygens (including phenoxy) is 1. The van der Waals surface area contributed by atoms with E-state index in [4.69, 9.17) is 9.15 Å². The van der Waals surface area contributed by atoms with Crippen molar-refractivity contribution in [2.24, 2.45) is 0 Å². The summed E-state index contributed by atoms with van der Waals surface area (Å²) in [5, 5.41) is 0. The van der Waals surface area contributed by atoms with E-state index in [2.05, 4.69) is 4.98 Å². The average molecular weight is 248 g/mol. The summed E-state index contributed by atoms with van der Waals surface area (Å²) in [5.41, 5.74) is 2.30. The lowest BCUT2D eigenvalue weighted by atomic mass is 10.1. The van der Waals surface area contributed by atoms with Crippen molar-refractivity contribution < 1.29 is 13.9 Å². The first-order valence-electron chi connectivity index (χ1n) is 5.64. The van der Waals surface area contributed by atoms with Crippen LogP contribution in [0.5, 0.6) is 0 Å². The summed E-state index contributed by atoms with van der Waals surface area (Å²) in [6.07, 6.45) is 0. The normalized spacial score (nSPS) is 12.9. The molecule has 2 rings (SSSR count). The molecule has 0 spiro atoms. The first-order chi connectivity index (χ1) is 8.52. The SMILES string of the molecule is COC(=O)C(c1ccc2nc(C)oc2c1)N(C)C. The van der Waals surface area contributed by atoms with Gasteiger partial charge >= 0.3 is 5.97 Å². The topological polar surface area (TPSA) is 55.6 Å². The molecule has 0 aliphatic carbocycles. The second kappa shape index (κ2) is 4.78. The third-order valence-corrected chi connectivity index (χ3v) is 2.78. The van der Waals surface area contributed by atoms with E-state index in [9.17, 15) is 4.79 Å². The molecule has 1 unspecified atom stereocenters. The molecule has 0 saturated heterocycles. The minimum atomic E-state index is -0.440. The second-order valence-electron chi connectivity index (χ2n) is 4.35. The lowest BCUT2D eigenvalue weighted by Crippen LogP contribution is -2.28. The van der Waals surface area contributed by atoms with E-state index in [0.29, 0.717) is 11.5 Å². The Morgan fingerprint density at radius 3 is 2.78 bits per heavy atom. The monoisotopic (exact) mass is 248 g/mol. The third kappa shape index (κ3) is 2.22. The van der Waals surface area contributed by atoms with Crippen LogP contribution in [0.2, 0.25) is 0 Å². The smallest absolute Gasteiger partial charge is 0.327 e. The molecule has 2 aromatic rings. The van der Waals surface area contributed by atoms with Crippen molar-refractivity contribution in [3.8, 4) is 0 Å². The molecule has 0 aliphatic heterocycles. The number of carbonyl (C=O) groups is 1. The van der Waals surface area contributed by atoms with Crippen molar-refractivity contribution in [1.29, 1.82) is 0 Å². The number of aromatic nitrogens is 1. The molecule has 0 amide bonds. The molecular weight excluding hydrogens is 232 g/mol. The summed E-state index contributed by atoms with van der Waals surface area (Å²) in [6.45, 7) is 1.80. The Labute approximate surface area is 105 Å². The molecule has 96 valence electrons. The molecule has 0 fully saturated rings. The molecular formula is C13H16N2O3. The molecule has 1 atom stereocenters. The van der Waals surface area contributed by atoms with E-state index in [-0.39, 0.29) is 5.97 Å². The number of likely N-dealkylation sites (N-methyl/N-ethyl adjacent to an activating group) is 1. The minimum Gasteiger partial charge on any atom is -0.468 e. The summed E-state index contributed by atoms with van der Waals surface area (Å²) in [7, 11) is 5.05. The number of aryl methyl sites for hydroxylation is 1. The number of rotatable bonds is 3. The van der Waals surface area contributed by atoms with E-state index >= 15 is 0 Å². The molecule has 0 bridgehead atoms. The maximum atomic E-state index is 11.8. The fourth-order valence-electron chi connectivity index (χ4n) is 1.98. The van der Waals surface area contributed by atoms with Gasteiger partial charge in [0.15, 0.2) is 11.5 Å². The van der Waals surface area contributed by atoms with Gasteiger partial charge in [-0.2, -0.15) is 0 Å². The number of hydrogen-bond acceptors (Lipinski definition) is 5. The summed E-state index contributed by atoms with van der Waals surface area (Å²) in [5.74, 6) is 0.317. The molecule has 18 heavy (non-hydrogen) atoms. The van der Waals surface area contributed by atoms with E-state index in [1.807, 2.05) is 32.3 Å². The molecule has 5 nitrogen and oxygen atoms in total. The number of fused-ring (bicyclic) bond motifs is 1. The second-order valence-corrected chi connectivity index (χ2v) is 4.35. The van der Waals surface area contributed by atoms with Crippen LogP contribution in [0, 0.1) is 6.92 Å². The maximum Gasteiger partial charge on any atom is 0.327 e. The molecule has 1 aromatic heterocycles. The van der Waals surface area contributed by atoms with Gasteiger partial charge in [-0.05, 0) is 31.8 Å². The number of hydrogen-bond donors (Lipinski definition) is 0. The van der Waals surface area contributed by atoms with Gasteiger partial charge < -0.3 is 9.15 Å².